The molecule has 7 heteroatoms. The number of hydrogen-bond acceptors (Lipinski definition) is 4. The van der Waals surface area contributed by atoms with Crippen molar-refractivity contribution >= 4 is 23.1 Å². The Morgan fingerprint density at radius 2 is 1.80 bits per heavy atom. The number of nitrogens with zero attached hydrogens (tertiary/aromatic N) is 3. The maximum Gasteiger partial charge on any atom is 0.272 e. The van der Waals surface area contributed by atoms with Gasteiger partial charge in [-0.15, -0.1) is 8.80 Å². The summed E-state index contributed by atoms with van der Waals surface area (Å²) in [5.74, 6) is 0.233. The fraction of sp³-hybridized carbons (Fsp3) is 0.333. The molecule has 0 saturated carbocycles. The van der Waals surface area contributed by atoms with Crippen molar-refractivity contribution in [2.24, 2.45) is 20.3 Å². The third-order valence-corrected chi connectivity index (χ3v) is 1.72. The molecular weight excluding hydrogens is 154 g/mol. The second-order valence-corrected chi connectivity index (χ2v) is 2.52. The van der Waals surface area contributed by atoms with Crippen LogP contribution in [0.5, 0.6) is 0 Å². The van der Waals surface area contributed by atoms with Gasteiger partial charge in [0.05, 0.1) is 0 Å². The van der Waals surface area contributed by atoms with Crippen molar-refractivity contribution in [2.45, 2.75) is 0 Å². The normalized spacial score (nSPS) is 20.3. The molecule has 0 aromatic rings. The first-order chi connectivity index (χ1) is 4.61. The highest BCUT2D eigenvalue weighted by atomic mass is 32.2. The van der Waals surface area contributed by atoms with Crippen LogP contribution in [0.1, 0.15) is 0 Å². The molecule has 0 saturated heterocycles. The first-order valence-corrected chi connectivity index (χ1v) is 3.51. The third kappa shape index (κ3) is 1.08. The lowest BCUT2D eigenvalue weighted by molar-refractivity contribution is 0.676. The molecule has 0 radical (unpaired) electrons. The molecule has 6 nitrogen and oxygen atoms in total. The summed E-state index contributed by atoms with van der Waals surface area (Å²) >= 11 is -1.64. The SMILES string of the molecule is CN1C(N)=NS(=O)N=C1N. The predicted molar refractivity (Wildman–Crippen MR) is 39.2 cm³/mol. The van der Waals surface area contributed by atoms with E-state index in [1.807, 2.05) is 0 Å². The fourth-order valence-corrected chi connectivity index (χ4v) is 1.03. The van der Waals surface area contributed by atoms with Gasteiger partial charge in [-0.2, -0.15) is 0 Å². The van der Waals surface area contributed by atoms with E-state index in [4.69, 9.17) is 11.5 Å². The standard InChI is InChI=1S/C3H7N5OS/c1-8-2(4)6-10(9)7-3(8)5/h1H3,(H2,4,6)(H2,5,7). The first-order valence-electron chi connectivity index (χ1n) is 2.45. The Labute approximate surface area is 60.3 Å². The van der Waals surface area contributed by atoms with E-state index in [0.717, 1.165) is 0 Å². The van der Waals surface area contributed by atoms with Gasteiger partial charge in [0, 0.05) is 7.05 Å². The Morgan fingerprint density at radius 1 is 1.40 bits per heavy atom. The van der Waals surface area contributed by atoms with Gasteiger partial charge < -0.3 is 11.5 Å². The summed E-state index contributed by atoms with van der Waals surface area (Å²) in [6, 6.07) is 0. The van der Waals surface area contributed by atoms with Crippen LogP contribution in [0.25, 0.3) is 0 Å². The molecule has 4 N–H and O–H groups in total. The fourth-order valence-electron chi connectivity index (χ4n) is 0.420. The van der Waals surface area contributed by atoms with Gasteiger partial charge in [0.25, 0.3) is 11.2 Å². The first kappa shape index (κ1) is 7.00. The van der Waals surface area contributed by atoms with Gasteiger partial charge in [-0.05, 0) is 0 Å². The van der Waals surface area contributed by atoms with Gasteiger partial charge in [-0.25, -0.2) is 4.21 Å². The second kappa shape index (κ2) is 2.25. The van der Waals surface area contributed by atoms with E-state index in [2.05, 4.69) is 8.80 Å². The van der Waals surface area contributed by atoms with E-state index < -0.39 is 11.2 Å². The smallest absolute Gasteiger partial charge is 0.272 e. The summed E-state index contributed by atoms with van der Waals surface area (Å²) in [4.78, 5) is 1.35. The van der Waals surface area contributed by atoms with Crippen molar-refractivity contribution in [3.8, 4) is 0 Å². The van der Waals surface area contributed by atoms with E-state index in [1.54, 1.807) is 7.05 Å². The van der Waals surface area contributed by atoms with E-state index in [0.29, 0.717) is 0 Å². The van der Waals surface area contributed by atoms with Crippen molar-refractivity contribution in [3.05, 3.63) is 0 Å². The summed E-state index contributed by atoms with van der Waals surface area (Å²) in [5.41, 5.74) is 10.6. The highest BCUT2D eigenvalue weighted by Crippen LogP contribution is 1.96. The number of hydrogen-bond donors (Lipinski definition) is 2. The van der Waals surface area contributed by atoms with Crippen molar-refractivity contribution in [1.29, 1.82) is 0 Å². The highest BCUT2D eigenvalue weighted by molar-refractivity contribution is 7.82. The lowest BCUT2D eigenvalue weighted by atomic mass is 10.7. The largest absolute Gasteiger partial charge is 0.369 e. The second-order valence-electron chi connectivity index (χ2n) is 1.69. The average molecular weight is 161 g/mol. The lowest BCUT2D eigenvalue weighted by Crippen LogP contribution is -2.45. The van der Waals surface area contributed by atoms with Gasteiger partial charge in [0.15, 0.2) is 0 Å². The van der Waals surface area contributed by atoms with E-state index in [9.17, 15) is 4.21 Å². The Bertz CT molecular complexity index is 211. The maximum absolute atomic E-state index is 10.6. The Morgan fingerprint density at radius 3 is 2.20 bits per heavy atom. The Hall–Kier alpha value is -1.11. The molecule has 0 aromatic carbocycles. The van der Waals surface area contributed by atoms with Crippen LogP contribution >= 0.6 is 0 Å². The third-order valence-electron chi connectivity index (χ3n) is 1.03. The zero-order chi connectivity index (χ0) is 7.72. The monoisotopic (exact) mass is 161 g/mol. The van der Waals surface area contributed by atoms with Crippen LogP contribution in [-0.2, 0) is 11.2 Å². The molecule has 0 amide bonds. The number of guanidine groups is 2. The molecule has 0 aromatic heterocycles. The predicted octanol–water partition coefficient (Wildman–Crippen LogP) is -1.86. The number of rotatable bonds is 0. The lowest BCUT2D eigenvalue weighted by Gasteiger charge is -2.17. The van der Waals surface area contributed by atoms with E-state index in [-0.39, 0.29) is 11.9 Å². The minimum atomic E-state index is -1.64. The molecule has 0 atom stereocenters. The van der Waals surface area contributed by atoms with Gasteiger partial charge in [-0.3, -0.25) is 4.90 Å². The summed E-state index contributed by atoms with van der Waals surface area (Å²) in [7, 11) is 1.59. The van der Waals surface area contributed by atoms with E-state index in [1.165, 1.54) is 4.90 Å². The van der Waals surface area contributed by atoms with Crippen LogP contribution in [0.15, 0.2) is 8.80 Å². The van der Waals surface area contributed by atoms with E-state index >= 15 is 0 Å². The summed E-state index contributed by atoms with van der Waals surface area (Å²) < 4.78 is 17.5. The maximum atomic E-state index is 10.6. The molecule has 0 spiro atoms. The zero-order valence-corrected chi connectivity index (χ0v) is 6.13. The van der Waals surface area contributed by atoms with Gasteiger partial charge in [0.2, 0.25) is 11.9 Å². The van der Waals surface area contributed by atoms with Crippen molar-refractivity contribution < 1.29 is 4.21 Å². The quantitative estimate of drug-likeness (QED) is 0.435. The molecular formula is C3H7N5OS. The van der Waals surface area contributed by atoms with Crippen LogP contribution in [0.2, 0.25) is 0 Å². The molecule has 0 fully saturated rings. The van der Waals surface area contributed by atoms with Crippen LogP contribution in [0.4, 0.5) is 0 Å². The molecule has 1 heterocycles. The summed E-state index contributed by atoms with van der Waals surface area (Å²) in [5, 5.41) is 0. The Kier molecular flexibility index (Phi) is 1.58. The van der Waals surface area contributed by atoms with Crippen LogP contribution < -0.4 is 11.5 Å². The van der Waals surface area contributed by atoms with Crippen molar-refractivity contribution in [1.82, 2.24) is 4.90 Å². The van der Waals surface area contributed by atoms with Gasteiger partial charge >= 0.3 is 0 Å². The Balaban J connectivity index is 2.93. The minimum absolute atomic E-state index is 0.117. The molecule has 10 heavy (non-hydrogen) atoms. The molecule has 1 aliphatic rings. The molecule has 0 unspecified atom stereocenters. The minimum Gasteiger partial charge on any atom is -0.369 e. The van der Waals surface area contributed by atoms with Crippen LogP contribution in [0, 0.1) is 0 Å². The summed E-state index contributed by atoms with van der Waals surface area (Å²) in [6.45, 7) is 0. The van der Waals surface area contributed by atoms with Gasteiger partial charge in [0.1, 0.15) is 0 Å². The van der Waals surface area contributed by atoms with Crippen molar-refractivity contribution in [3.63, 3.8) is 0 Å². The molecule has 1 aliphatic heterocycles. The zero-order valence-electron chi connectivity index (χ0n) is 5.31. The van der Waals surface area contributed by atoms with Crippen LogP contribution in [-0.4, -0.2) is 28.1 Å². The summed E-state index contributed by atoms with van der Waals surface area (Å²) in [6.07, 6.45) is 0. The molecule has 0 bridgehead atoms. The average Bonchev–Trinajstić information content (AvgIpc) is 1.82. The van der Waals surface area contributed by atoms with Crippen molar-refractivity contribution in [2.75, 3.05) is 7.05 Å². The molecule has 1 rings (SSSR count). The topological polar surface area (TPSA) is 97.1 Å². The molecule has 0 aliphatic carbocycles. The molecule has 56 valence electrons. The highest BCUT2D eigenvalue weighted by Gasteiger charge is 2.13. The number of nitrogens with two attached hydrogens (primary N) is 2. The van der Waals surface area contributed by atoms with Gasteiger partial charge in [-0.1, -0.05) is 0 Å². The van der Waals surface area contributed by atoms with Crippen LogP contribution in [0.3, 0.4) is 0 Å².